The normalized spacial score (nSPS) is 16.4. The van der Waals surface area contributed by atoms with E-state index in [0.717, 1.165) is 48.2 Å². The molecule has 0 aliphatic heterocycles. The molecule has 0 radical (unpaired) electrons. The van der Waals surface area contributed by atoms with Crippen LogP contribution in [-0.2, 0) is 16.4 Å². The minimum absolute atomic E-state index is 0.0140. The van der Waals surface area contributed by atoms with Crippen molar-refractivity contribution in [3.63, 3.8) is 0 Å². The predicted octanol–water partition coefficient (Wildman–Crippen LogP) is 3.60. The smallest absolute Gasteiger partial charge is 0.295 e. The second-order valence-corrected chi connectivity index (χ2v) is 12.6. The summed E-state index contributed by atoms with van der Waals surface area (Å²) in [6, 6.07) is 3.12. The van der Waals surface area contributed by atoms with Gasteiger partial charge in [-0.3, -0.25) is 9.36 Å². The fourth-order valence-electron chi connectivity index (χ4n) is 4.87. The lowest BCUT2D eigenvalue weighted by Gasteiger charge is -2.19. The van der Waals surface area contributed by atoms with Crippen LogP contribution < -0.4 is 10.9 Å². The molecule has 2 aliphatic carbocycles. The summed E-state index contributed by atoms with van der Waals surface area (Å²) in [6.07, 6.45) is 9.05. The Labute approximate surface area is 226 Å². The van der Waals surface area contributed by atoms with E-state index in [1.54, 1.807) is 30.1 Å². The van der Waals surface area contributed by atoms with E-state index in [-0.39, 0.29) is 34.7 Å². The van der Waals surface area contributed by atoms with Gasteiger partial charge >= 0.3 is 0 Å². The molecule has 0 bridgehead atoms. The maximum Gasteiger partial charge on any atom is 0.295 e. The summed E-state index contributed by atoms with van der Waals surface area (Å²) in [5.74, 6) is 1.48. The monoisotopic (exact) mass is 546 g/mol. The number of anilines is 1. The second-order valence-electron chi connectivity index (χ2n) is 10.4. The number of aromatic nitrogens is 7. The fraction of sp³-hybridized carbons (Fsp3) is 0.444. The Morgan fingerprint density at radius 1 is 1.05 bits per heavy atom. The second kappa shape index (κ2) is 9.74. The average molecular weight is 547 g/mol. The van der Waals surface area contributed by atoms with Gasteiger partial charge in [0.1, 0.15) is 11.8 Å². The first-order valence-electron chi connectivity index (χ1n) is 13.3. The number of pyridine rings is 1. The van der Waals surface area contributed by atoms with Crippen molar-refractivity contribution in [1.82, 2.24) is 34.5 Å². The first-order valence-corrected chi connectivity index (χ1v) is 14.9. The van der Waals surface area contributed by atoms with Crippen LogP contribution in [-0.4, -0.2) is 48.6 Å². The Hall–Kier alpha value is -3.80. The number of aryl methyl sites for hydroxylation is 1. The Bertz CT molecular complexity index is 1730. The van der Waals surface area contributed by atoms with Crippen LogP contribution in [0, 0.1) is 12.8 Å². The van der Waals surface area contributed by atoms with Gasteiger partial charge in [-0.1, -0.05) is 13.0 Å². The first-order chi connectivity index (χ1) is 18.8. The molecule has 0 amide bonds. The van der Waals surface area contributed by atoms with Crippen LogP contribution in [0.2, 0.25) is 0 Å². The Morgan fingerprint density at radius 3 is 2.51 bits per heavy atom. The number of nitrogens with zero attached hydrogens (tertiary/aromatic N) is 7. The van der Waals surface area contributed by atoms with Gasteiger partial charge in [-0.15, -0.1) is 0 Å². The van der Waals surface area contributed by atoms with E-state index in [0.29, 0.717) is 28.8 Å². The standard InChI is InChI=1S/C27H30N8O3S/c1-4-39(37,38)21-10-5-17(11-28-21)12-29-25-27(36)35(16(3)18-6-7-18)26-20(33-25)13-30-24(34-26)22-15(2)31-14-32-23(22)19-8-9-19/h5,10-11,13-14,16,18-19H,4,6-9,12H2,1-3H3,(H,29,33)/t16-/m0/s1. The van der Waals surface area contributed by atoms with Crippen molar-refractivity contribution in [1.29, 1.82) is 0 Å². The van der Waals surface area contributed by atoms with E-state index < -0.39 is 9.84 Å². The van der Waals surface area contributed by atoms with Gasteiger partial charge < -0.3 is 5.32 Å². The Kier molecular flexibility index (Phi) is 6.37. The molecule has 2 fully saturated rings. The van der Waals surface area contributed by atoms with Gasteiger partial charge in [0.15, 0.2) is 32.2 Å². The van der Waals surface area contributed by atoms with E-state index in [9.17, 15) is 13.2 Å². The summed E-state index contributed by atoms with van der Waals surface area (Å²) < 4.78 is 25.9. The number of sulfone groups is 1. The predicted molar refractivity (Wildman–Crippen MR) is 146 cm³/mol. The van der Waals surface area contributed by atoms with Crippen molar-refractivity contribution in [2.45, 2.75) is 70.0 Å². The molecule has 2 saturated carbocycles. The summed E-state index contributed by atoms with van der Waals surface area (Å²) in [7, 11) is -3.38. The molecule has 4 aromatic rings. The lowest BCUT2D eigenvalue weighted by molar-refractivity contribution is 0.482. The molecule has 4 heterocycles. The summed E-state index contributed by atoms with van der Waals surface area (Å²) in [4.78, 5) is 40.9. The first kappa shape index (κ1) is 25.5. The maximum atomic E-state index is 13.8. The van der Waals surface area contributed by atoms with E-state index >= 15 is 0 Å². The van der Waals surface area contributed by atoms with Crippen LogP contribution in [0.3, 0.4) is 0 Å². The number of hydrogen-bond donors (Lipinski definition) is 1. The number of hydrogen-bond acceptors (Lipinski definition) is 10. The van der Waals surface area contributed by atoms with Crippen molar-refractivity contribution in [2.75, 3.05) is 11.1 Å². The van der Waals surface area contributed by atoms with E-state index in [1.165, 1.54) is 12.3 Å². The van der Waals surface area contributed by atoms with Crippen LogP contribution in [0.1, 0.15) is 68.4 Å². The lowest BCUT2D eigenvalue weighted by atomic mass is 10.1. The maximum absolute atomic E-state index is 13.8. The molecule has 1 N–H and O–H groups in total. The van der Waals surface area contributed by atoms with Crippen LogP contribution >= 0.6 is 0 Å². The summed E-state index contributed by atoms with van der Waals surface area (Å²) >= 11 is 0. The fourth-order valence-corrected chi connectivity index (χ4v) is 5.66. The Morgan fingerprint density at radius 2 is 1.85 bits per heavy atom. The zero-order valence-corrected chi connectivity index (χ0v) is 22.9. The lowest BCUT2D eigenvalue weighted by Crippen LogP contribution is -2.29. The summed E-state index contributed by atoms with van der Waals surface area (Å²) in [5.41, 5.74) is 4.09. The molecule has 4 aromatic heterocycles. The molecule has 0 saturated heterocycles. The highest BCUT2D eigenvalue weighted by Gasteiger charge is 2.33. The van der Waals surface area contributed by atoms with Crippen LogP contribution in [0.25, 0.3) is 22.6 Å². The molecular weight excluding hydrogens is 516 g/mol. The zero-order valence-electron chi connectivity index (χ0n) is 22.1. The molecule has 202 valence electrons. The third kappa shape index (κ3) is 4.88. The van der Waals surface area contributed by atoms with Gasteiger partial charge in [-0.2, -0.15) is 0 Å². The Balaban J connectivity index is 1.38. The van der Waals surface area contributed by atoms with Gasteiger partial charge in [0.05, 0.1) is 28.9 Å². The molecule has 6 rings (SSSR count). The highest BCUT2D eigenvalue weighted by molar-refractivity contribution is 7.91. The molecule has 12 heteroatoms. The minimum Gasteiger partial charge on any atom is -0.361 e. The molecule has 0 aromatic carbocycles. The van der Waals surface area contributed by atoms with E-state index in [4.69, 9.17) is 4.98 Å². The average Bonchev–Trinajstić information content (AvgIpc) is 3.85. The van der Waals surface area contributed by atoms with Gasteiger partial charge in [0, 0.05) is 24.7 Å². The van der Waals surface area contributed by atoms with Crippen LogP contribution in [0.5, 0.6) is 0 Å². The van der Waals surface area contributed by atoms with E-state index in [1.807, 2.05) is 13.8 Å². The highest BCUT2D eigenvalue weighted by atomic mass is 32.2. The number of nitrogens with one attached hydrogen (secondary N) is 1. The number of rotatable bonds is 9. The van der Waals surface area contributed by atoms with E-state index in [2.05, 4.69) is 30.2 Å². The summed E-state index contributed by atoms with van der Waals surface area (Å²) in [6.45, 7) is 5.82. The molecule has 11 nitrogen and oxygen atoms in total. The van der Waals surface area contributed by atoms with Crippen LogP contribution in [0.15, 0.2) is 40.7 Å². The SMILES string of the molecule is CCS(=O)(=O)c1ccc(CNc2nc3cnc(-c4c(C)ncnc4C4CC4)nc3n([C@@H](C)C3CC3)c2=O)cn1. The van der Waals surface area contributed by atoms with Crippen molar-refractivity contribution in [3.05, 3.63) is 58.2 Å². The van der Waals surface area contributed by atoms with Crippen molar-refractivity contribution in [2.24, 2.45) is 5.92 Å². The van der Waals surface area contributed by atoms with Crippen molar-refractivity contribution in [3.8, 4) is 11.4 Å². The van der Waals surface area contributed by atoms with Crippen molar-refractivity contribution < 1.29 is 8.42 Å². The van der Waals surface area contributed by atoms with Gasteiger partial charge in [-0.25, -0.2) is 38.3 Å². The molecule has 0 unspecified atom stereocenters. The molecule has 1 atom stereocenters. The molecule has 0 spiro atoms. The molecule has 2 aliphatic rings. The zero-order chi connectivity index (χ0) is 27.3. The largest absolute Gasteiger partial charge is 0.361 e. The quantitative estimate of drug-likeness (QED) is 0.330. The minimum atomic E-state index is -3.38. The highest BCUT2D eigenvalue weighted by Crippen LogP contribution is 2.43. The third-order valence-electron chi connectivity index (χ3n) is 7.55. The van der Waals surface area contributed by atoms with Gasteiger partial charge in [0.25, 0.3) is 5.56 Å². The number of fused-ring (bicyclic) bond motifs is 1. The van der Waals surface area contributed by atoms with Crippen LogP contribution in [0.4, 0.5) is 5.82 Å². The van der Waals surface area contributed by atoms with Crippen molar-refractivity contribution >= 4 is 26.8 Å². The van der Waals surface area contributed by atoms with Gasteiger partial charge in [-0.05, 0) is 57.1 Å². The topological polar surface area (TPSA) is 146 Å². The summed E-state index contributed by atoms with van der Waals surface area (Å²) in [5, 5.41) is 3.16. The van der Waals surface area contributed by atoms with Gasteiger partial charge in [0.2, 0.25) is 0 Å². The molecule has 39 heavy (non-hydrogen) atoms. The molecular formula is C27H30N8O3S. The third-order valence-corrected chi connectivity index (χ3v) is 9.19.